The van der Waals surface area contributed by atoms with Crippen molar-refractivity contribution in [3.8, 4) is 0 Å². The van der Waals surface area contributed by atoms with Crippen molar-refractivity contribution >= 4 is 43.5 Å². The molecule has 0 aliphatic carbocycles. The second-order valence-corrected chi connectivity index (χ2v) is 12.4. The number of carbonyl (C=O) groups is 2. The van der Waals surface area contributed by atoms with Crippen LogP contribution in [-0.4, -0.2) is 50.5 Å². The third-order valence-corrected chi connectivity index (χ3v) is 8.17. The third kappa shape index (κ3) is 8.93. The maximum absolute atomic E-state index is 14.1. The molecule has 0 spiro atoms. The van der Waals surface area contributed by atoms with Gasteiger partial charge in [-0.15, -0.1) is 0 Å². The van der Waals surface area contributed by atoms with Crippen molar-refractivity contribution in [2.24, 2.45) is 0 Å². The van der Waals surface area contributed by atoms with Crippen molar-refractivity contribution in [1.82, 2.24) is 10.2 Å². The zero-order chi connectivity index (χ0) is 28.4. The lowest BCUT2D eigenvalue weighted by molar-refractivity contribution is -0.140. The van der Waals surface area contributed by atoms with E-state index in [2.05, 4.69) is 21.2 Å². The molecule has 1 unspecified atom stereocenters. The van der Waals surface area contributed by atoms with Gasteiger partial charge in [-0.3, -0.25) is 13.9 Å². The Kier molecular flexibility index (Phi) is 11.1. The van der Waals surface area contributed by atoms with Crippen LogP contribution in [0.2, 0.25) is 0 Å². The normalized spacial score (nSPS) is 12.0. The minimum absolute atomic E-state index is 0.169. The van der Waals surface area contributed by atoms with E-state index in [1.807, 2.05) is 68.4 Å². The van der Waals surface area contributed by atoms with Crippen LogP contribution in [0.25, 0.3) is 0 Å². The summed E-state index contributed by atoms with van der Waals surface area (Å²) in [5.74, 6) is -0.720. The molecule has 1 atom stereocenters. The number of nitrogens with one attached hydrogen (secondary N) is 1. The van der Waals surface area contributed by atoms with Crippen LogP contribution in [0.3, 0.4) is 0 Å². The summed E-state index contributed by atoms with van der Waals surface area (Å²) in [6, 6.07) is 23.1. The molecule has 0 aliphatic rings. The van der Waals surface area contributed by atoms with Gasteiger partial charge in [-0.25, -0.2) is 8.42 Å². The molecule has 0 aromatic heterocycles. The second-order valence-electron chi connectivity index (χ2n) is 9.54. The molecular weight excluding hydrogens is 578 g/mol. The van der Waals surface area contributed by atoms with Gasteiger partial charge in [0, 0.05) is 24.0 Å². The zero-order valence-corrected chi connectivity index (χ0v) is 25.0. The Morgan fingerprint density at radius 3 is 2.21 bits per heavy atom. The van der Waals surface area contributed by atoms with E-state index < -0.39 is 28.5 Å². The minimum Gasteiger partial charge on any atom is -0.354 e. The van der Waals surface area contributed by atoms with Gasteiger partial charge in [0.05, 0.1) is 11.9 Å². The average molecular weight is 615 g/mol. The van der Waals surface area contributed by atoms with E-state index in [0.29, 0.717) is 18.7 Å². The van der Waals surface area contributed by atoms with Crippen LogP contribution in [0.15, 0.2) is 83.3 Å². The van der Waals surface area contributed by atoms with Crippen LogP contribution in [0.5, 0.6) is 0 Å². The number of anilines is 1. The Bertz CT molecular complexity index is 1350. The van der Waals surface area contributed by atoms with Crippen LogP contribution >= 0.6 is 15.9 Å². The van der Waals surface area contributed by atoms with Crippen LogP contribution in [-0.2, 0) is 32.6 Å². The number of amides is 2. The molecule has 7 nitrogen and oxygen atoms in total. The Labute approximate surface area is 240 Å². The fraction of sp³-hybridized carbons (Fsp3) is 0.333. The summed E-state index contributed by atoms with van der Waals surface area (Å²) in [5, 5.41) is 2.99. The average Bonchev–Trinajstić information content (AvgIpc) is 2.91. The van der Waals surface area contributed by atoms with Crippen molar-refractivity contribution in [2.75, 3.05) is 23.7 Å². The summed E-state index contributed by atoms with van der Waals surface area (Å²) in [6.45, 7) is 4.24. The molecule has 3 aromatic rings. The number of halogens is 1. The molecule has 0 aliphatic heterocycles. The minimum atomic E-state index is -3.79. The first-order chi connectivity index (χ1) is 18.6. The number of hydrogen-bond donors (Lipinski definition) is 1. The SMILES string of the molecule is CCCCNC(=O)C(Cc1ccccc1)N(Cc1ccccc1C)C(=O)CN(c1ccc(Br)cc1)S(C)(=O)=O. The number of rotatable bonds is 13. The standard InChI is InChI=1S/C30H36BrN3O4S/c1-4-5-19-32-30(36)28(20-24-12-7-6-8-13-24)33(21-25-14-10-9-11-23(25)2)29(35)22-34(39(3,37)38)27-17-15-26(31)16-18-27/h6-18,28H,4-5,19-22H2,1-3H3,(H,32,36). The number of nitrogens with zero attached hydrogens (tertiary/aromatic N) is 2. The first kappa shape index (κ1) is 30.4. The molecule has 0 bridgehead atoms. The van der Waals surface area contributed by atoms with Crippen LogP contribution in [0, 0.1) is 6.92 Å². The van der Waals surface area contributed by atoms with E-state index in [4.69, 9.17) is 0 Å². The van der Waals surface area contributed by atoms with Crippen LogP contribution < -0.4 is 9.62 Å². The van der Waals surface area contributed by atoms with Crippen LogP contribution in [0.1, 0.15) is 36.5 Å². The van der Waals surface area contributed by atoms with Crippen molar-refractivity contribution in [3.63, 3.8) is 0 Å². The summed E-state index contributed by atoms with van der Waals surface area (Å²) in [4.78, 5) is 29.2. The monoisotopic (exact) mass is 613 g/mol. The van der Waals surface area contributed by atoms with Gasteiger partial charge in [0.2, 0.25) is 21.8 Å². The second kappa shape index (κ2) is 14.3. The van der Waals surface area contributed by atoms with E-state index in [1.54, 1.807) is 24.3 Å². The third-order valence-electron chi connectivity index (χ3n) is 6.50. The predicted molar refractivity (Wildman–Crippen MR) is 160 cm³/mol. The predicted octanol–water partition coefficient (Wildman–Crippen LogP) is 5.08. The first-order valence-electron chi connectivity index (χ1n) is 13.0. The smallest absolute Gasteiger partial charge is 0.244 e. The molecule has 39 heavy (non-hydrogen) atoms. The highest BCUT2D eigenvalue weighted by atomic mass is 79.9. The van der Waals surface area contributed by atoms with Gasteiger partial charge in [0.1, 0.15) is 12.6 Å². The number of hydrogen-bond acceptors (Lipinski definition) is 4. The van der Waals surface area contributed by atoms with Crippen molar-refractivity contribution < 1.29 is 18.0 Å². The fourth-order valence-corrected chi connectivity index (χ4v) is 5.37. The van der Waals surface area contributed by atoms with E-state index >= 15 is 0 Å². The van der Waals surface area contributed by atoms with Crippen molar-refractivity contribution in [1.29, 1.82) is 0 Å². The molecule has 0 radical (unpaired) electrons. The molecule has 2 amide bonds. The number of sulfonamides is 1. The fourth-order valence-electron chi connectivity index (χ4n) is 4.25. The lowest BCUT2D eigenvalue weighted by Gasteiger charge is -2.34. The van der Waals surface area contributed by atoms with Gasteiger partial charge in [-0.05, 0) is 54.3 Å². The summed E-state index contributed by atoms with van der Waals surface area (Å²) < 4.78 is 27.5. The molecule has 0 heterocycles. The molecule has 0 fully saturated rings. The van der Waals surface area contributed by atoms with E-state index in [9.17, 15) is 18.0 Å². The van der Waals surface area contributed by atoms with Gasteiger partial charge >= 0.3 is 0 Å². The maximum atomic E-state index is 14.1. The molecule has 0 saturated heterocycles. The van der Waals surface area contributed by atoms with Gasteiger partial charge < -0.3 is 10.2 Å². The van der Waals surface area contributed by atoms with Gasteiger partial charge in [-0.2, -0.15) is 0 Å². The molecule has 3 aromatic carbocycles. The van der Waals surface area contributed by atoms with E-state index in [0.717, 1.165) is 44.6 Å². The zero-order valence-electron chi connectivity index (χ0n) is 22.6. The summed E-state index contributed by atoms with van der Waals surface area (Å²) in [6.07, 6.45) is 3.12. The summed E-state index contributed by atoms with van der Waals surface area (Å²) in [7, 11) is -3.79. The highest BCUT2D eigenvalue weighted by Gasteiger charge is 2.33. The molecule has 0 saturated carbocycles. The lowest BCUT2D eigenvalue weighted by Crippen LogP contribution is -2.53. The molecule has 208 valence electrons. The number of benzene rings is 3. The van der Waals surface area contributed by atoms with E-state index in [-0.39, 0.29) is 12.5 Å². The van der Waals surface area contributed by atoms with Crippen molar-refractivity contribution in [3.05, 3.63) is 100 Å². The Morgan fingerprint density at radius 2 is 1.59 bits per heavy atom. The summed E-state index contributed by atoms with van der Waals surface area (Å²) in [5.41, 5.74) is 3.15. The number of carbonyl (C=O) groups excluding carboxylic acids is 2. The highest BCUT2D eigenvalue weighted by molar-refractivity contribution is 9.10. The van der Waals surface area contributed by atoms with Crippen LogP contribution in [0.4, 0.5) is 5.69 Å². The first-order valence-corrected chi connectivity index (χ1v) is 15.6. The Balaban J connectivity index is 2.03. The lowest BCUT2D eigenvalue weighted by atomic mass is 10.0. The largest absolute Gasteiger partial charge is 0.354 e. The molecule has 3 rings (SSSR count). The van der Waals surface area contributed by atoms with Gasteiger partial charge in [0.25, 0.3) is 0 Å². The molecule has 1 N–H and O–H groups in total. The summed E-state index contributed by atoms with van der Waals surface area (Å²) >= 11 is 3.37. The topological polar surface area (TPSA) is 86.8 Å². The van der Waals surface area contributed by atoms with Gasteiger partial charge in [0.15, 0.2) is 0 Å². The Morgan fingerprint density at radius 1 is 0.949 bits per heavy atom. The van der Waals surface area contributed by atoms with Gasteiger partial charge in [-0.1, -0.05) is 83.9 Å². The number of unbranched alkanes of at least 4 members (excludes halogenated alkanes) is 1. The Hall–Kier alpha value is -3.17. The van der Waals surface area contributed by atoms with E-state index in [1.165, 1.54) is 4.90 Å². The number of aryl methyl sites for hydroxylation is 1. The maximum Gasteiger partial charge on any atom is 0.244 e. The molecule has 9 heteroatoms. The quantitative estimate of drug-likeness (QED) is 0.272. The van der Waals surface area contributed by atoms with Crippen molar-refractivity contribution in [2.45, 2.75) is 45.7 Å². The molecular formula is C30H36BrN3O4S. The highest BCUT2D eigenvalue weighted by Crippen LogP contribution is 2.23.